The van der Waals surface area contributed by atoms with Crippen LogP contribution in [0.4, 0.5) is 10.5 Å². The maximum atomic E-state index is 11.6. The second kappa shape index (κ2) is 7.52. The molecule has 114 valence electrons. The molecule has 0 aliphatic heterocycles. The number of hydrogen-bond acceptors (Lipinski definition) is 5. The number of aliphatic hydroxyl groups is 1. The van der Waals surface area contributed by atoms with Gasteiger partial charge < -0.3 is 9.84 Å². The van der Waals surface area contributed by atoms with E-state index in [0.717, 1.165) is 18.2 Å². The van der Waals surface area contributed by atoms with Gasteiger partial charge in [-0.2, -0.15) is 8.42 Å². The number of aliphatic hydroxyl groups excluding tert-OH is 1. The smallest absolute Gasteiger partial charge is 0.422 e. The Hall–Kier alpha value is -2.24. The third-order valence-electron chi connectivity index (χ3n) is 2.34. The van der Waals surface area contributed by atoms with Gasteiger partial charge in [0.2, 0.25) is 0 Å². The Kier molecular flexibility index (Phi) is 6.02. The number of nitrogens with one attached hydrogen (secondary N) is 2. The number of aryl methyl sites for hydroxylation is 1. The van der Waals surface area contributed by atoms with Gasteiger partial charge in [-0.1, -0.05) is 11.8 Å². The summed E-state index contributed by atoms with van der Waals surface area (Å²) in [5.74, 6) is 5.65. The Balaban J connectivity index is 2.85. The first kappa shape index (κ1) is 16.8. The number of rotatable bonds is 4. The number of benzene rings is 1. The minimum Gasteiger partial charge on any atom is -0.452 e. The molecule has 0 aliphatic rings. The van der Waals surface area contributed by atoms with Crippen molar-refractivity contribution in [2.45, 2.75) is 13.3 Å². The maximum Gasteiger partial charge on any atom is 0.422 e. The predicted molar refractivity (Wildman–Crippen MR) is 77.8 cm³/mol. The first-order valence-corrected chi connectivity index (χ1v) is 7.45. The van der Waals surface area contributed by atoms with Crippen molar-refractivity contribution in [3.05, 3.63) is 29.3 Å². The molecule has 1 amide bonds. The van der Waals surface area contributed by atoms with Gasteiger partial charge in [0.15, 0.2) is 0 Å². The minimum atomic E-state index is -4.04. The molecular weight excluding hydrogens is 296 g/mol. The summed E-state index contributed by atoms with van der Waals surface area (Å²) in [6.45, 7) is 1.76. The minimum absolute atomic E-state index is 0.0108. The molecule has 0 saturated carbocycles. The molecule has 1 aromatic carbocycles. The average Bonchev–Trinajstić information content (AvgIpc) is 2.40. The molecule has 3 N–H and O–H groups in total. The van der Waals surface area contributed by atoms with Crippen molar-refractivity contribution in [1.29, 1.82) is 0 Å². The van der Waals surface area contributed by atoms with Crippen LogP contribution in [0.1, 0.15) is 17.5 Å². The molecule has 0 fully saturated rings. The number of anilines is 1. The van der Waals surface area contributed by atoms with Crippen LogP contribution in [-0.2, 0) is 14.9 Å². The first-order valence-electron chi connectivity index (χ1n) is 5.97. The largest absolute Gasteiger partial charge is 0.452 e. The highest BCUT2D eigenvalue weighted by molar-refractivity contribution is 7.91. The fraction of sp³-hybridized carbons (Fsp3) is 0.308. The summed E-state index contributed by atoms with van der Waals surface area (Å²) in [5, 5.41) is 8.65. The Morgan fingerprint density at radius 3 is 2.71 bits per heavy atom. The van der Waals surface area contributed by atoms with Crippen LogP contribution in [0.3, 0.4) is 0 Å². The SMILES string of the molecule is COC(=O)NS(=O)(=O)Nc1ccc(C#CCCO)c(C)c1. The summed E-state index contributed by atoms with van der Waals surface area (Å²) in [6.07, 6.45) is -0.706. The number of amides is 1. The van der Waals surface area contributed by atoms with Gasteiger partial charge in [-0.25, -0.2) is 9.52 Å². The van der Waals surface area contributed by atoms with E-state index in [0.29, 0.717) is 6.42 Å². The van der Waals surface area contributed by atoms with Crippen molar-refractivity contribution in [2.75, 3.05) is 18.4 Å². The highest BCUT2D eigenvalue weighted by Gasteiger charge is 2.14. The zero-order chi connectivity index (χ0) is 15.9. The average molecular weight is 312 g/mol. The van der Waals surface area contributed by atoms with Gasteiger partial charge in [0, 0.05) is 12.0 Å². The molecule has 0 radical (unpaired) electrons. The quantitative estimate of drug-likeness (QED) is 0.711. The maximum absolute atomic E-state index is 11.6. The second-order valence-electron chi connectivity index (χ2n) is 4.00. The van der Waals surface area contributed by atoms with Crippen LogP contribution in [0.2, 0.25) is 0 Å². The number of methoxy groups -OCH3 is 1. The molecule has 8 heteroatoms. The third-order valence-corrected chi connectivity index (χ3v) is 3.28. The molecule has 0 unspecified atom stereocenters. The Bertz CT molecular complexity index is 674. The van der Waals surface area contributed by atoms with Crippen molar-refractivity contribution < 1.29 is 23.1 Å². The number of carbonyl (C=O) groups excluding carboxylic acids is 1. The molecule has 0 aliphatic carbocycles. The lowest BCUT2D eigenvalue weighted by molar-refractivity contribution is 0.177. The molecule has 0 spiro atoms. The van der Waals surface area contributed by atoms with Gasteiger partial charge >= 0.3 is 16.3 Å². The number of ether oxygens (including phenoxy) is 1. The van der Waals surface area contributed by atoms with Crippen LogP contribution in [-0.4, -0.2) is 33.3 Å². The van der Waals surface area contributed by atoms with Crippen LogP contribution < -0.4 is 9.44 Å². The fourth-order valence-corrected chi connectivity index (χ4v) is 2.20. The van der Waals surface area contributed by atoms with Crippen LogP contribution in [0, 0.1) is 18.8 Å². The van der Waals surface area contributed by atoms with Crippen LogP contribution in [0.25, 0.3) is 0 Å². The molecule has 0 saturated heterocycles. The van der Waals surface area contributed by atoms with Gasteiger partial charge in [-0.15, -0.1) is 0 Å². The van der Waals surface area contributed by atoms with Crippen molar-refractivity contribution in [2.24, 2.45) is 0 Å². The molecule has 0 heterocycles. The summed E-state index contributed by atoms with van der Waals surface area (Å²) in [5.41, 5.74) is 1.78. The highest BCUT2D eigenvalue weighted by atomic mass is 32.2. The molecule has 1 aromatic rings. The normalized spacial score (nSPS) is 10.2. The van der Waals surface area contributed by atoms with E-state index in [1.165, 1.54) is 6.07 Å². The molecule has 0 aromatic heterocycles. The summed E-state index contributed by atoms with van der Waals surface area (Å²) in [4.78, 5) is 10.9. The zero-order valence-corrected chi connectivity index (χ0v) is 12.5. The van der Waals surface area contributed by atoms with Crippen molar-refractivity contribution in [3.8, 4) is 11.8 Å². The monoisotopic (exact) mass is 312 g/mol. The Labute approximate surface area is 123 Å². The van der Waals surface area contributed by atoms with Crippen molar-refractivity contribution in [1.82, 2.24) is 4.72 Å². The van der Waals surface area contributed by atoms with E-state index in [2.05, 4.69) is 21.3 Å². The topological polar surface area (TPSA) is 105 Å². The van der Waals surface area contributed by atoms with Crippen LogP contribution >= 0.6 is 0 Å². The fourth-order valence-electron chi connectivity index (χ4n) is 1.41. The van der Waals surface area contributed by atoms with E-state index >= 15 is 0 Å². The van der Waals surface area contributed by atoms with E-state index in [-0.39, 0.29) is 12.3 Å². The van der Waals surface area contributed by atoms with Gasteiger partial charge in [-0.3, -0.25) is 4.72 Å². The molecule has 21 heavy (non-hydrogen) atoms. The summed E-state index contributed by atoms with van der Waals surface area (Å²) < 4.78 is 31.3. The van der Waals surface area contributed by atoms with Crippen molar-refractivity contribution in [3.63, 3.8) is 0 Å². The predicted octanol–water partition coefficient (Wildman–Crippen LogP) is 0.742. The number of hydrogen-bond donors (Lipinski definition) is 3. The van der Waals surface area contributed by atoms with E-state index in [1.807, 2.05) is 0 Å². The lowest BCUT2D eigenvalue weighted by Crippen LogP contribution is -2.35. The van der Waals surface area contributed by atoms with Gasteiger partial charge in [-0.05, 0) is 30.7 Å². The molecule has 1 rings (SSSR count). The third kappa shape index (κ3) is 5.72. The van der Waals surface area contributed by atoms with Gasteiger partial charge in [0.05, 0.1) is 19.4 Å². The second-order valence-corrected chi connectivity index (χ2v) is 5.42. The molecule has 0 atom stereocenters. The van der Waals surface area contributed by atoms with Gasteiger partial charge in [0.1, 0.15) is 0 Å². The van der Waals surface area contributed by atoms with E-state index in [4.69, 9.17) is 5.11 Å². The molecular formula is C13H16N2O5S. The molecule has 0 bridgehead atoms. The Morgan fingerprint density at radius 2 is 2.14 bits per heavy atom. The summed E-state index contributed by atoms with van der Waals surface area (Å²) in [7, 11) is -2.98. The van der Waals surface area contributed by atoms with Crippen molar-refractivity contribution >= 4 is 22.0 Å². The van der Waals surface area contributed by atoms with Crippen LogP contribution in [0.15, 0.2) is 18.2 Å². The zero-order valence-electron chi connectivity index (χ0n) is 11.6. The van der Waals surface area contributed by atoms with Gasteiger partial charge in [0.25, 0.3) is 0 Å². The summed E-state index contributed by atoms with van der Waals surface area (Å²) >= 11 is 0. The lowest BCUT2D eigenvalue weighted by atomic mass is 10.1. The highest BCUT2D eigenvalue weighted by Crippen LogP contribution is 2.15. The Morgan fingerprint density at radius 1 is 1.43 bits per heavy atom. The summed E-state index contributed by atoms with van der Waals surface area (Å²) in [6, 6.07) is 4.75. The lowest BCUT2D eigenvalue weighted by Gasteiger charge is -2.09. The van der Waals surface area contributed by atoms with E-state index < -0.39 is 16.3 Å². The number of carbonyl (C=O) groups is 1. The van der Waals surface area contributed by atoms with E-state index in [9.17, 15) is 13.2 Å². The standard InChI is InChI=1S/C13H16N2O5S/c1-10-9-12(7-6-11(10)5-3-4-8-16)14-21(18,19)15-13(17)20-2/h6-7,9,14,16H,4,8H2,1-2H3,(H,15,17). The van der Waals surface area contributed by atoms with E-state index in [1.54, 1.807) is 23.8 Å². The first-order chi connectivity index (χ1) is 9.88. The van der Waals surface area contributed by atoms with Crippen LogP contribution in [0.5, 0.6) is 0 Å². The molecule has 7 nitrogen and oxygen atoms in total.